The molecule has 1 amide bonds. The molecule has 3 nitrogen and oxygen atoms in total. The van der Waals surface area contributed by atoms with Gasteiger partial charge in [0.25, 0.3) is 5.24 Å². The molecule has 0 aromatic rings. The molecule has 4 heteroatoms. The van der Waals surface area contributed by atoms with E-state index >= 15 is 0 Å². The molecule has 1 unspecified atom stereocenters. The van der Waals surface area contributed by atoms with Gasteiger partial charge in [-0.1, -0.05) is 11.8 Å². The van der Waals surface area contributed by atoms with Gasteiger partial charge in [-0.15, -0.1) is 0 Å². The van der Waals surface area contributed by atoms with Crippen molar-refractivity contribution in [3.63, 3.8) is 0 Å². The van der Waals surface area contributed by atoms with Gasteiger partial charge in [-0.05, 0) is 6.92 Å². The van der Waals surface area contributed by atoms with Crippen LogP contribution in [0.2, 0.25) is 0 Å². The van der Waals surface area contributed by atoms with Gasteiger partial charge in [0, 0.05) is 18.2 Å². The van der Waals surface area contributed by atoms with E-state index in [0.29, 0.717) is 12.3 Å². The van der Waals surface area contributed by atoms with Gasteiger partial charge in [0.1, 0.15) is 5.78 Å². The van der Waals surface area contributed by atoms with Gasteiger partial charge in [0.2, 0.25) is 0 Å². The predicted molar refractivity (Wildman–Crippen MR) is 40.0 cm³/mol. The Hall–Kier alpha value is -0.510. The third kappa shape index (κ3) is 1.73. The minimum Gasteiger partial charge on any atom is -0.346 e. The smallest absolute Gasteiger partial charge is 0.279 e. The number of thioether (sulfide) groups is 1. The Morgan fingerprint density at radius 3 is 2.90 bits per heavy atom. The second-order valence-corrected chi connectivity index (χ2v) is 3.28. The largest absolute Gasteiger partial charge is 0.346 e. The van der Waals surface area contributed by atoms with Gasteiger partial charge in [0.05, 0.1) is 0 Å². The summed E-state index contributed by atoms with van der Waals surface area (Å²) in [6.45, 7) is 2.07. The molecule has 56 valence electrons. The first-order chi connectivity index (χ1) is 4.70. The maximum atomic E-state index is 10.7. The lowest BCUT2D eigenvalue weighted by molar-refractivity contribution is -0.119. The number of Topliss-reactive ketones (excluding diaryl/α,β-unsaturated/α-hetero) is 1. The standard InChI is InChI=1S/C6H9NO2S/c1-4(8)5-2-7-6(9)10-3-5/h5H,2-3H2,1H3,(H,7,9). The van der Waals surface area contributed by atoms with Crippen molar-refractivity contribution >= 4 is 22.8 Å². The summed E-state index contributed by atoms with van der Waals surface area (Å²) in [6, 6.07) is 0. The average molecular weight is 159 g/mol. The second kappa shape index (κ2) is 3.05. The van der Waals surface area contributed by atoms with Gasteiger partial charge < -0.3 is 5.32 Å². The average Bonchev–Trinajstić information content (AvgIpc) is 1.88. The minimum absolute atomic E-state index is 0.0162. The summed E-state index contributed by atoms with van der Waals surface area (Å²) >= 11 is 1.18. The van der Waals surface area contributed by atoms with Crippen LogP contribution in [0.4, 0.5) is 4.79 Å². The molecular weight excluding hydrogens is 150 g/mol. The zero-order valence-electron chi connectivity index (χ0n) is 5.72. The Morgan fingerprint density at radius 1 is 1.80 bits per heavy atom. The van der Waals surface area contributed by atoms with Crippen LogP contribution in [0.3, 0.4) is 0 Å². The molecular formula is C6H9NO2S. The summed E-state index contributed by atoms with van der Waals surface area (Å²) in [7, 11) is 0. The molecule has 1 fully saturated rings. The topological polar surface area (TPSA) is 46.2 Å². The lowest BCUT2D eigenvalue weighted by atomic mass is 10.1. The van der Waals surface area contributed by atoms with Crippen LogP contribution < -0.4 is 5.32 Å². The number of amides is 1. The molecule has 0 radical (unpaired) electrons. The van der Waals surface area contributed by atoms with Crippen molar-refractivity contribution in [2.75, 3.05) is 12.3 Å². The van der Waals surface area contributed by atoms with Crippen LogP contribution >= 0.6 is 11.8 Å². The van der Waals surface area contributed by atoms with E-state index in [2.05, 4.69) is 5.32 Å². The summed E-state index contributed by atoms with van der Waals surface area (Å²) in [6.07, 6.45) is 0. The van der Waals surface area contributed by atoms with E-state index in [9.17, 15) is 9.59 Å². The fraction of sp³-hybridized carbons (Fsp3) is 0.667. The second-order valence-electron chi connectivity index (χ2n) is 2.29. The maximum Gasteiger partial charge on any atom is 0.279 e. The summed E-state index contributed by atoms with van der Waals surface area (Å²) in [5.74, 6) is 0.830. The first-order valence-electron chi connectivity index (χ1n) is 3.11. The zero-order chi connectivity index (χ0) is 7.56. The molecule has 0 saturated carbocycles. The zero-order valence-corrected chi connectivity index (χ0v) is 6.53. The number of carbonyl (C=O) groups is 2. The van der Waals surface area contributed by atoms with Gasteiger partial charge in [0.15, 0.2) is 0 Å². The maximum absolute atomic E-state index is 10.7. The van der Waals surface area contributed by atoms with E-state index in [1.165, 1.54) is 11.8 Å². The molecule has 0 aromatic carbocycles. The lowest BCUT2D eigenvalue weighted by Crippen LogP contribution is -2.36. The lowest BCUT2D eigenvalue weighted by Gasteiger charge is -2.18. The van der Waals surface area contributed by atoms with E-state index in [-0.39, 0.29) is 16.9 Å². The number of hydrogen-bond donors (Lipinski definition) is 1. The van der Waals surface area contributed by atoms with E-state index in [4.69, 9.17) is 0 Å². The normalized spacial score (nSPS) is 25.7. The van der Waals surface area contributed by atoms with Gasteiger partial charge in [-0.25, -0.2) is 0 Å². The predicted octanol–water partition coefficient (Wildman–Crippen LogP) is 0.648. The van der Waals surface area contributed by atoms with Crippen molar-refractivity contribution in [1.82, 2.24) is 5.32 Å². The highest BCUT2D eigenvalue weighted by atomic mass is 32.2. The fourth-order valence-electron chi connectivity index (χ4n) is 0.754. The van der Waals surface area contributed by atoms with E-state index in [1.807, 2.05) is 0 Å². The number of hydrogen-bond acceptors (Lipinski definition) is 3. The van der Waals surface area contributed by atoms with Crippen LogP contribution in [0.1, 0.15) is 6.92 Å². The van der Waals surface area contributed by atoms with Crippen LogP contribution in [-0.4, -0.2) is 23.3 Å². The van der Waals surface area contributed by atoms with Crippen LogP contribution in [0.25, 0.3) is 0 Å². The summed E-state index contributed by atoms with van der Waals surface area (Å²) < 4.78 is 0. The molecule has 1 saturated heterocycles. The first kappa shape index (κ1) is 7.60. The van der Waals surface area contributed by atoms with Gasteiger partial charge >= 0.3 is 0 Å². The van der Waals surface area contributed by atoms with Gasteiger partial charge in [-0.2, -0.15) is 0 Å². The molecule has 0 aromatic heterocycles. The SMILES string of the molecule is CC(=O)C1CNC(=O)SC1. The van der Waals surface area contributed by atoms with Crippen LogP contribution in [-0.2, 0) is 4.79 Å². The number of ketones is 1. The molecule has 0 bridgehead atoms. The minimum atomic E-state index is -0.0162. The molecule has 1 atom stereocenters. The Morgan fingerprint density at radius 2 is 2.50 bits per heavy atom. The molecule has 1 aliphatic rings. The Bertz CT molecular complexity index is 159. The van der Waals surface area contributed by atoms with Crippen molar-refractivity contribution in [2.24, 2.45) is 5.92 Å². The monoisotopic (exact) mass is 159 g/mol. The van der Waals surface area contributed by atoms with Crippen molar-refractivity contribution in [3.8, 4) is 0 Å². The van der Waals surface area contributed by atoms with Crippen LogP contribution in [0.5, 0.6) is 0 Å². The Kier molecular flexibility index (Phi) is 2.32. The van der Waals surface area contributed by atoms with Crippen molar-refractivity contribution in [2.45, 2.75) is 6.92 Å². The Labute approximate surface area is 63.6 Å². The molecule has 0 spiro atoms. The van der Waals surface area contributed by atoms with Crippen molar-refractivity contribution in [1.29, 1.82) is 0 Å². The van der Waals surface area contributed by atoms with Crippen LogP contribution in [0.15, 0.2) is 0 Å². The fourth-order valence-corrected chi connectivity index (χ4v) is 1.64. The van der Waals surface area contributed by atoms with E-state index < -0.39 is 0 Å². The summed E-state index contributed by atoms with van der Waals surface area (Å²) in [4.78, 5) is 21.3. The summed E-state index contributed by atoms with van der Waals surface area (Å²) in [5.41, 5.74) is 0. The van der Waals surface area contributed by atoms with Crippen LogP contribution in [0, 0.1) is 5.92 Å². The van der Waals surface area contributed by atoms with Crippen molar-refractivity contribution < 1.29 is 9.59 Å². The molecule has 1 rings (SSSR count). The first-order valence-corrected chi connectivity index (χ1v) is 4.10. The molecule has 1 N–H and O–H groups in total. The number of nitrogens with one attached hydrogen (secondary N) is 1. The third-order valence-corrected chi connectivity index (χ3v) is 2.46. The van der Waals surface area contributed by atoms with E-state index in [1.54, 1.807) is 6.92 Å². The quantitative estimate of drug-likeness (QED) is 0.611. The molecule has 1 aliphatic heterocycles. The number of rotatable bonds is 1. The Balaban J connectivity index is 2.40. The molecule has 1 heterocycles. The van der Waals surface area contributed by atoms with E-state index in [0.717, 1.165) is 0 Å². The summed E-state index contributed by atoms with van der Waals surface area (Å²) in [5, 5.41) is 2.60. The third-order valence-electron chi connectivity index (χ3n) is 1.48. The molecule has 10 heavy (non-hydrogen) atoms. The van der Waals surface area contributed by atoms with Crippen molar-refractivity contribution in [3.05, 3.63) is 0 Å². The molecule has 0 aliphatic carbocycles. The van der Waals surface area contributed by atoms with Gasteiger partial charge in [-0.3, -0.25) is 9.59 Å². The highest BCUT2D eigenvalue weighted by molar-refractivity contribution is 8.13. The number of carbonyl (C=O) groups excluding carboxylic acids is 2. The highest BCUT2D eigenvalue weighted by Gasteiger charge is 2.21. The highest BCUT2D eigenvalue weighted by Crippen LogP contribution is 2.14.